The average Bonchev–Trinajstić information content (AvgIpc) is 3.29. The van der Waals surface area contributed by atoms with Crippen LogP contribution in [0, 0.1) is 0 Å². The first-order valence-electron chi connectivity index (χ1n) is 14.4. The molecule has 2 aromatic carbocycles. The van der Waals surface area contributed by atoms with Crippen molar-refractivity contribution in [1.82, 2.24) is 9.88 Å². The van der Waals surface area contributed by atoms with Crippen LogP contribution >= 0.6 is 0 Å². The van der Waals surface area contributed by atoms with Crippen LogP contribution in [0.25, 0.3) is 10.9 Å². The van der Waals surface area contributed by atoms with Crippen LogP contribution in [0.4, 0.5) is 0 Å². The number of nitrogens with zero attached hydrogens (tertiary/aromatic N) is 1. The number of para-hydroxylation sites is 1. The molecule has 3 aromatic rings. The summed E-state index contributed by atoms with van der Waals surface area (Å²) in [6.45, 7) is 2.55. The van der Waals surface area contributed by atoms with Gasteiger partial charge in [0.2, 0.25) is 0 Å². The molecular formula is C32H38N2O7. The van der Waals surface area contributed by atoms with Crippen molar-refractivity contribution in [2.24, 2.45) is 0 Å². The summed E-state index contributed by atoms with van der Waals surface area (Å²) in [5, 5.41) is 35.3. The van der Waals surface area contributed by atoms with E-state index >= 15 is 0 Å². The van der Waals surface area contributed by atoms with E-state index in [4.69, 9.17) is 20.4 Å². The number of aliphatic hydroxyl groups is 1. The molecule has 6 rings (SSSR count). The van der Waals surface area contributed by atoms with Crippen LogP contribution in [0.5, 0.6) is 0 Å². The first-order valence-corrected chi connectivity index (χ1v) is 14.4. The van der Waals surface area contributed by atoms with Gasteiger partial charge in [0.15, 0.2) is 5.60 Å². The van der Waals surface area contributed by atoms with Gasteiger partial charge in [-0.05, 0) is 68.6 Å². The van der Waals surface area contributed by atoms with Gasteiger partial charge in [-0.2, -0.15) is 0 Å². The van der Waals surface area contributed by atoms with Crippen molar-refractivity contribution in [3.8, 4) is 0 Å². The van der Waals surface area contributed by atoms with Gasteiger partial charge in [-0.25, -0.2) is 4.79 Å². The summed E-state index contributed by atoms with van der Waals surface area (Å²) in [5.74, 6) is -5.02. The van der Waals surface area contributed by atoms with Crippen LogP contribution < -0.4 is 0 Å². The van der Waals surface area contributed by atoms with E-state index in [9.17, 15) is 14.4 Å². The van der Waals surface area contributed by atoms with Crippen molar-refractivity contribution in [1.29, 1.82) is 0 Å². The Labute approximate surface area is 238 Å². The molecule has 9 heteroatoms. The molecule has 1 saturated carbocycles. The van der Waals surface area contributed by atoms with E-state index in [2.05, 4.69) is 64.5 Å². The predicted molar refractivity (Wildman–Crippen MR) is 153 cm³/mol. The lowest BCUT2D eigenvalue weighted by atomic mass is 9.59. The molecule has 5 N–H and O–H groups in total. The second-order valence-electron chi connectivity index (χ2n) is 11.9. The number of rotatable bonds is 7. The highest BCUT2D eigenvalue weighted by molar-refractivity contribution is 5.88. The quantitative estimate of drug-likeness (QED) is 0.279. The molecule has 218 valence electrons. The molecule has 41 heavy (non-hydrogen) atoms. The molecule has 0 amide bonds. The van der Waals surface area contributed by atoms with E-state index in [1.54, 1.807) is 16.8 Å². The summed E-state index contributed by atoms with van der Waals surface area (Å²) < 4.78 is 0. The normalized spacial score (nSPS) is 24.1. The van der Waals surface area contributed by atoms with E-state index in [1.165, 1.54) is 75.4 Å². The Morgan fingerprint density at radius 2 is 1.41 bits per heavy atom. The molecule has 0 bridgehead atoms. The molecule has 2 heterocycles. The first-order chi connectivity index (χ1) is 19.6. The van der Waals surface area contributed by atoms with Crippen LogP contribution in [0.3, 0.4) is 0 Å². The van der Waals surface area contributed by atoms with Gasteiger partial charge in [0.1, 0.15) is 0 Å². The van der Waals surface area contributed by atoms with Crippen LogP contribution in [0.1, 0.15) is 74.6 Å². The van der Waals surface area contributed by atoms with Gasteiger partial charge in [0.05, 0.1) is 12.8 Å². The zero-order valence-corrected chi connectivity index (χ0v) is 23.1. The van der Waals surface area contributed by atoms with Crippen molar-refractivity contribution in [3.63, 3.8) is 0 Å². The lowest BCUT2D eigenvalue weighted by Gasteiger charge is -2.55. The van der Waals surface area contributed by atoms with Crippen LogP contribution in [-0.2, 0) is 31.8 Å². The number of likely N-dealkylation sites (tertiary alicyclic amines) is 1. The zero-order chi connectivity index (χ0) is 29.3. The van der Waals surface area contributed by atoms with E-state index < -0.39 is 36.4 Å². The molecule has 2 fully saturated rings. The first kappa shape index (κ1) is 28.8. The largest absolute Gasteiger partial charge is 0.481 e. The number of hydrogen-bond donors (Lipinski definition) is 5. The van der Waals surface area contributed by atoms with Gasteiger partial charge in [-0.15, -0.1) is 0 Å². The van der Waals surface area contributed by atoms with Crippen LogP contribution in [0.15, 0.2) is 54.6 Å². The smallest absolute Gasteiger partial charge is 0.336 e. The van der Waals surface area contributed by atoms with E-state index in [0.29, 0.717) is 5.41 Å². The summed E-state index contributed by atoms with van der Waals surface area (Å²) in [7, 11) is 0. The minimum atomic E-state index is -2.74. The highest BCUT2D eigenvalue weighted by Gasteiger charge is 2.50. The number of carboxylic acids is 3. The molecule has 0 atom stereocenters. The second-order valence-corrected chi connectivity index (χ2v) is 11.9. The molecule has 0 radical (unpaired) electrons. The molecule has 3 aliphatic rings. The summed E-state index contributed by atoms with van der Waals surface area (Å²) in [4.78, 5) is 37.2. The van der Waals surface area contributed by atoms with Gasteiger partial charge in [0, 0.05) is 40.6 Å². The summed E-state index contributed by atoms with van der Waals surface area (Å²) >= 11 is 0. The number of aromatic nitrogens is 1. The summed E-state index contributed by atoms with van der Waals surface area (Å²) in [6, 6.07) is 20.3. The molecule has 1 saturated heterocycles. The fourth-order valence-electron chi connectivity index (χ4n) is 7.28. The number of fused-ring (bicyclic) bond motifs is 4. The molecular weight excluding hydrogens is 524 g/mol. The maximum Gasteiger partial charge on any atom is 0.336 e. The fraction of sp³-hybridized carbons (Fsp3) is 0.469. The Bertz CT molecular complexity index is 1400. The fourth-order valence-corrected chi connectivity index (χ4v) is 7.28. The number of aryl methyl sites for hydroxylation is 1. The minimum Gasteiger partial charge on any atom is -0.481 e. The number of carbonyl (C=O) groups is 3. The Balaban J connectivity index is 0.000000223. The number of H-pyrrole nitrogens is 1. The molecule has 1 aliphatic heterocycles. The number of aromatic amines is 1. The minimum absolute atomic E-state index is 0.272. The second kappa shape index (κ2) is 11.3. The number of aliphatic carboxylic acids is 3. The summed E-state index contributed by atoms with van der Waals surface area (Å²) in [6.07, 6.45) is 8.26. The van der Waals surface area contributed by atoms with Crippen LogP contribution in [-0.4, -0.2) is 66.9 Å². The maximum atomic E-state index is 10.3. The topological polar surface area (TPSA) is 151 Å². The Kier molecular flexibility index (Phi) is 7.94. The van der Waals surface area contributed by atoms with Gasteiger partial charge in [0.25, 0.3) is 0 Å². The van der Waals surface area contributed by atoms with Gasteiger partial charge in [-0.1, -0.05) is 48.5 Å². The molecule has 1 aromatic heterocycles. The van der Waals surface area contributed by atoms with Gasteiger partial charge < -0.3 is 25.4 Å². The van der Waals surface area contributed by atoms with Crippen molar-refractivity contribution >= 4 is 28.8 Å². The number of benzene rings is 2. The van der Waals surface area contributed by atoms with E-state index in [-0.39, 0.29) is 5.54 Å². The van der Waals surface area contributed by atoms with Crippen molar-refractivity contribution < 1.29 is 34.8 Å². The zero-order valence-electron chi connectivity index (χ0n) is 23.1. The highest BCUT2D eigenvalue weighted by atomic mass is 16.4. The highest BCUT2D eigenvalue weighted by Crippen LogP contribution is 2.55. The Hall–Kier alpha value is -3.69. The Morgan fingerprint density at radius 1 is 0.805 bits per heavy atom. The third-order valence-electron chi connectivity index (χ3n) is 9.52. The molecule has 2 aliphatic carbocycles. The predicted octanol–water partition coefficient (Wildman–Crippen LogP) is 4.67. The third-order valence-corrected chi connectivity index (χ3v) is 9.52. The number of hydrogen-bond acceptors (Lipinski definition) is 5. The molecule has 1 spiro atoms. The van der Waals surface area contributed by atoms with E-state index in [1.807, 2.05) is 0 Å². The third kappa shape index (κ3) is 5.48. The molecule has 9 nitrogen and oxygen atoms in total. The van der Waals surface area contributed by atoms with E-state index in [0.717, 1.165) is 0 Å². The monoisotopic (exact) mass is 562 g/mol. The standard InChI is InChI=1S/C26H30N2.C6H8O7/c1-2-8-20(9-3-1)26(28-18-7-19-28)16-14-25(15-17-26)13-6-11-22-21-10-4-5-12-23(21)27-24(22)25;7-3(8)1-6(13,5(11)12)2-4(9)10/h1-5,8-10,12,27H,6-7,11,13-19H2;13H,1-2H2,(H,7,8)(H,9,10)(H,11,12). The number of nitrogens with one attached hydrogen (secondary N) is 1. The van der Waals surface area contributed by atoms with Crippen molar-refractivity contribution in [2.75, 3.05) is 13.1 Å². The lowest BCUT2D eigenvalue weighted by molar-refractivity contribution is -0.170. The van der Waals surface area contributed by atoms with Gasteiger partial charge >= 0.3 is 17.9 Å². The maximum absolute atomic E-state index is 10.3. The van der Waals surface area contributed by atoms with Crippen molar-refractivity contribution in [3.05, 3.63) is 71.4 Å². The molecule has 0 unspecified atom stereocenters. The Morgan fingerprint density at radius 3 is 1.98 bits per heavy atom. The average molecular weight is 563 g/mol. The SMILES string of the molecule is O=C(O)CC(O)(CC(=O)O)C(=O)O.c1ccc(C2(N3CCC3)CCC3(CCCc4c3[nH]c3ccccc43)CC2)cc1. The summed E-state index contributed by atoms with van der Waals surface area (Å²) in [5.41, 5.74) is 4.01. The lowest BCUT2D eigenvalue weighted by Crippen LogP contribution is -2.56. The van der Waals surface area contributed by atoms with Crippen LogP contribution in [0.2, 0.25) is 0 Å². The van der Waals surface area contributed by atoms with Gasteiger partial charge in [-0.3, -0.25) is 14.5 Å². The number of carboxylic acid groups (broad SMARTS) is 3. The van der Waals surface area contributed by atoms with Crippen molar-refractivity contribution in [2.45, 2.75) is 80.8 Å².